The predicted octanol–water partition coefficient (Wildman–Crippen LogP) is 1.73. The number of carbonyl (C=O) groups is 1. The van der Waals surface area contributed by atoms with E-state index in [4.69, 9.17) is 9.47 Å². The first-order valence-electron chi connectivity index (χ1n) is 6.71. The molecule has 4 nitrogen and oxygen atoms in total. The molecule has 0 aromatic rings. The molecule has 1 aliphatic rings. The molecule has 0 aromatic heterocycles. The number of esters is 1. The topological polar surface area (TPSA) is 47.6 Å². The molecule has 1 N–H and O–H groups in total. The van der Waals surface area contributed by atoms with Crippen molar-refractivity contribution in [3.63, 3.8) is 0 Å². The van der Waals surface area contributed by atoms with Gasteiger partial charge in [0, 0.05) is 6.54 Å². The van der Waals surface area contributed by atoms with Crippen molar-refractivity contribution in [2.24, 2.45) is 5.92 Å². The molecule has 0 bridgehead atoms. The van der Waals surface area contributed by atoms with Gasteiger partial charge in [0.15, 0.2) is 6.10 Å². The van der Waals surface area contributed by atoms with Gasteiger partial charge in [-0.1, -0.05) is 20.3 Å². The molecule has 0 saturated carbocycles. The van der Waals surface area contributed by atoms with Crippen molar-refractivity contribution in [2.45, 2.75) is 52.2 Å². The van der Waals surface area contributed by atoms with Gasteiger partial charge in [0.2, 0.25) is 0 Å². The van der Waals surface area contributed by atoms with E-state index in [0.717, 1.165) is 32.4 Å². The summed E-state index contributed by atoms with van der Waals surface area (Å²) in [6.07, 6.45) is 2.50. The minimum Gasteiger partial charge on any atom is -0.464 e. The van der Waals surface area contributed by atoms with Crippen LogP contribution in [0.25, 0.3) is 0 Å². The summed E-state index contributed by atoms with van der Waals surface area (Å²) < 4.78 is 11.0. The number of hydrogen-bond acceptors (Lipinski definition) is 4. The van der Waals surface area contributed by atoms with Gasteiger partial charge in [0.25, 0.3) is 0 Å². The highest BCUT2D eigenvalue weighted by atomic mass is 16.6. The van der Waals surface area contributed by atoms with Crippen LogP contribution in [0.15, 0.2) is 0 Å². The zero-order valence-corrected chi connectivity index (χ0v) is 11.2. The maximum absolute atomic E-state index is 11.7. The Morgan fingerprint density at radius 3 is 2.82 bits per heavy atom. The second kappa shape index (κ2) is 7.67. The van der Waals surface area contributed by atoms with Gasteiger partial charge in [0.1, 0.15) is 0 Å². The summed E-state index contributed by atoms with van der Waals surface area (Å²) in [5, 5.41) is 3.31. The maximum Gasteiger partial charge on any atom is 0.335 e. The summed E-state index contributed by atoms with van der Waals surface area (Å²) >= 11 is 0. The second-order valence-corrected chi connectivity index (χ2v) is 4.67. The van der Waals surface area contributed by atoms with E-state index in [-0.39, 0.29) is 12.1 Å². The van der Waals surface area contributed by atoms with Crippen LogP contribution in [-0.2, 0) is 14.3 Å². The molecule has 1 rings (SSSR count). The molecule has 1 fully saturated rings. The van der Waals surface area contributed by atoms with Gasteiger partial charge in [0.05, 0.1) is 12.7 Å². The van der Waals surface area contributed by atoms with E-state index < -0.39 is 6.10 Å². The molecule has 17 heavy (non-hydrogen) atoms. The minimum atomic E-state index is -0.396. The van der Waals surface area contributed by atoms with E-state index >= 15 is 0 Å². The molecule has 0 radical (unpaired) electrons. The molecule has 0 spiro atoms. The molecule has 1 heterocycles. The first kappa shape index (κ1) is 14.5. The SMILES string of the molecule is CCCC(OC1CNCCC1C)C(=O)OCC. The fraction of sp³-hybridized carbons (Fsp3) is 0.923. The van der Waals surface area contributed by atoms with Gasteiger partial charge in [-0.25, -0.2) is 4.79 Å². The number of ether oxygens (including phenoxy) is 2. The molecule has 1 aliphatic heterocycles. The van der Waals surface area contributed by atoms with Crippen molar-refractivity contribution < 1.29 is 14.3 Å². The van der Waals surface area contributed by atoms with E-state index in [2.05, 4.69) is 19.2 Å². The third kappa shape index (κ3) is 4.64. The summed E-state index contributed by atoms with van der Waals surface area (Å²) in [5.41, 5.74) is 0. The van der Waals surface area contributed by atoms with E-state index in [9.17, 15) is 4.79 Å². The van der Waals surface area contributed by atoms with Crippen molar-refractivity contribution in [3.05, 3.63) is 0 Å². The largest absolute Gasteiger partial charge is 0.464 e. The number of hydrogen-bond donors (Lipinski definition) is 1. The van der Waals surface area contributed by atoms with Crippen molar-refractivity contribution >= 4 is 5.97 Å². The number of nitrogens with one attached hydrogen (secondary N) is 1. The zero-order valence-electron chi connectivity index (χ0n) is 11.2. The average molecular weight is 243 g/mol. The predicted molar refractivity (Wildman–Crippen MR) is 66.9 cm³/mol. The van der Waals surface area contributed by atoms with E-state index in [1.54, 1.807) is 0 Å². The Labute approximate surface area is 104 Å². The van der Waals surface area contributed by atoms with Crippen LogP contribution in [-0.4, -0.2) is 37.9 Å². The van der Waals surface area contributed by atoms with E-state index in [1.165, 1.54) is 0 Å². The van der Waals surface area contributed by atoms with Crippen LogP contribution >= 0.6 is 0 Å². The summed E-state index contributed by atoms with van der Waals surface area (Å²) in [6.45, 7) is 8.35. The molecule has 0 aliphatic carbocycles. The lowest BCUT2D eigenvalue weighted by molar-refractivity contribution is -0.163. The maximum atomic E-state index is 11.7. The Hall–Kier alpha value is -0.610. The standard InChI is InChI=1S/C13H25NO3/c1-4-6-11(13(15)16-5-2)17-12-9-14-8-7-10(12)3/h10-12,14H,4-9H2,1-3H3. The third-order valence-corrected chi connectivity index (χ3v) is 3.20. The second-order valence-electron chi connectivity index (χ2n) is 4.67. The minimum absolute atomic E-state index is 0.129. The lowest BCUT2D eigenvalue weighted by Gasteiger charge is -2.32. The van der Waals surface area contributed by atoms with Gasteiger partial charge < -0.3 is 14.8 Å². The van der Waals surface area contributed by atoms with Gasteiger partial charge in [-0.2, -0.15) is 0 Å². The Morgan fingerprint density at radius 1 is 1.47 bits per heavy atom. The highest BCUT2D eigenvalue weighted by Crippen LogP contribution is 2.18. The van der Waals surface area contributed by atoms with Crippen molar-refractivity contribution in [2.75, 3.05) is 19.7 Å². The van der Waals surface area contributed by atoms with Crippen LogP contribution in [0.4, 0.5) is 0 Å². The van der Waals surface area contributed by atoms with Gasteiger partial charge in [-0.3, -0.25) is 0 Å². The van der Waals surface area contributed by atoms with E-state index in [0.29, 0.717) is 12.5 Å². The van der Waals surface area contributed by atoms with Crippen molar-refractivity contribution in [1.29, 1.82) is 0 Å². The van der Waals surface area contributed by atoms with Crippen LogP contribution < -0.4 is 5.32 Å². The van der Waals surface area contributed by atoms with Crippen molar-refractivity contribution in [1.82, 2.24) is 5.32 Å². The molecule has 1 saturated heterocycles. The highest BCUT2D eigenvalue weighted by molar-refractivity contribution is 5.74. The van der Waals surface area contributed by atoms with E-state index in [1.807, 2.05) is 6.92 Å². The molecule has 3 unspecified atom stereocenters. The summed E-state index contributed by atoms with van der Waals surface area (Å²) in [4.78, 5) is 11.7. The number of piperidine rings is 1. The zero-order chi connectivity index (χ0) is 12.7. The molecule has 100 valence electrons. The smallest absolute Gasteiger partial charge is 0.335 e. The fourth-order valence-corrected chi connectivity index (χ4v) is 2.09. The lowest BCUT2D eigenvalue weighted by atomic mass is 9.97. The Bertz CT molecular complexity index is 233. The normalized spacial score (nSPS) is 26.5. The van der Waals surface area contributed by atoms with Gasteiger partial charge >= 0.3 is 5.97 Å². The van der Waals surface area contributed by atoms with Crippen molar-refractivity contribution in [3.8, 4) is 0 Å². The molecule has 3 atom stereocenters. The van der Waals surface area contributed by atoms with Gasteiger partial charge in [-0.15, -0.1) is 0 Å². The molecule has 4 heteroatoms. The first-order chi connectivity index (χ1) is 8.19. The Morgan fingerprint density at radius 2 is 2.24 bits per heavy atom. The summed E-state index contributed by atoms with van der Waals surface area (Å²) in [7, 11) is 0. The third-order valence-electron chi connectivity index (χ3n) is 3.20. The monoisotopic (exact) mass is 243 g/mol. The van der Waals surface area contributed by atoms with Gasteiger partial charge in [-0.05, 0) is 32.2 Å². The average Bonchev–Trinajstić information content (AvgIpc) is 2.31. The Kier molecular flexibility index (Phi) is 6.52. The van der Waals surface area contributed by atoms with Crippen LogP contribution in [0.1, 0.15) is 40.0 Å². The number of rotatable bonds is 6. The summed E-state index contributed by atoms with van der Waals surface area (Å²) in [5.74, 6) is 0.289. The first-order valence-corrected chi connectivity index (χ1v) is 6.71. The number of carbonyl (C=O) groups excluding carboxylic acids is 1. The molecule has 0 aromatic carbocycles. The quantitative estimate of drug-likeness (QED) is 0.722. The Balaban J connectivity index is 2.49. The fourth-order valence-electron chi connectivity index (χ4n) is 2.09. The van der Waals surface area contributed by atoms with Crippen LogP contribution in [0.3, 0.4) is 0 Å². The van der Waals surface area contributed by atoms with Crippen LogP contribution in [0, 0.1) is 5.92 Å². The molecular weight excluding hydrogens is 218 g/mol. The van der Waals surface area contributed by atoms with Crippen LogP contribution in [0.2, 0.25) is 0 Å². The molecule has 0 amide bonds. The van der Waals surface area contributed by atoms with Crippen LogP contribution in [0.5, 0.6) is 0 Å². The highest BCUT2D eigenvalue weighted by Gasteiger charge is 2.28. The lowest BCUT2D eigenvalue weighted by Crippen LogP contribution is -2.44. The summed E-state index contributed by atoms with van der Waals surface area (Å²) in [6, 6.07) is 0. The molecular formula is C13H25NO3.